The van der Waals surface area contributed by atoms with Crippen molar-refractivity contribution in [1.29, 1.82) is 0 Å². The Morgan fingerprint density at radius 1 is 0.292 bits per heavy atom. The number of nitrogens with zero attached hydrogens (tertiary/aromatic N) is 4. The summed E-state index contributed by atoms with van der Waals surface area (Å²) in [6.45, 7) is 0. The average molecular weight is 921 g/mol. The Bertz CT molecular complexity index is 4560. The van der Waals surface area contributed by atoms with Gasteiger partial charge in [-0.05, 0) is 119 Å². The van der Waals surface area contributed by atoms with Gasteiger partial charge in [0.05, 0.1) is 44.5 Å². The van der Waals surface area contributed by atoms with Crippen LogP contribution in [0.5, 0.6) is 23.0 Å². The van der Waals surface area contributed by atoms with Crippen LogP contribution >= 0.6 is 0 Å². The van der Waals surface area contributed by atoms with Gasteiger partial charge in [0.25, 0.3) is 0 Å². The van der Waals surface area contributed by atoms with E-state index in [0.29, 0.717) is 0 Å². The molecule has 16 rings (SSSR count). The van der Waals surface area contributed by atoms with Crippen LogP contribution in [0, 0.1) is 0 Å². The lowest BCUT2D eigenvalue weighted by Crippen LogP contribution is -2.20. The van der Waals surface area contributed by atoms with E-state index in [9.17, 15) is 0 Å². The van der Waals surface area contributed by atoms with E-state index in [0.717, 1.165) is 112 Å². The Morgan fingerprint density at radius 2 is 0.722 bits per heavy atom. The first-order chi connectivity index (χ1) is 35.7. The maximum atomic E-state index is 7.45. The monoisotopic (exact) mass is 920 g/mol. The van der Waals surface area contributed by atoms with E-state index in [1.807, 2.05) is 0 Å². The molecule has 3 aromatic heterocycles. The molecule has 2 aliphatic heterocycles. The zero-order valence-electron chi connectivity index (χ0n) is 38.7. The Labute approximate surface area is 413 Å². The summed E-state index contributed by atoms with van der Waals surface area (Å²) in [6.07, 6.45) is 0. The molecule has 336 valence electrons. The highest BCUT2D eigenvalue weighted by atomic mass is 16.5. The fourth-order valence-electron chi connectivity index (χ4n) is 12.0. The number of benzene rings is 11. The third kappa shape index (κ3) is 5.43. The van der Waals surface area contributed by atoms with Crippen molar-refractivity contribution in [2.45, 2.75) is 0 Å². The highest BCUT2D eigenvalue weighted by Gasteiger charge is 2.38. The van der Waals surface area contributed by atoms with Crippen molar-refractivity contribution in [1.82, 2.24) is 13.7 Å². The van der Waals surface area contributed by atoms with Crippen LogP contribution in [0.1, 0.15) is 0 Å². The third-order valence-corrected chi connectivity index (χ3v) is 15.0. The van der Waals surface area contributed by atoms with Crippen LogP contribution in [0.3, 0.4) is 0 Å². The molecule has 2 aliphatic rings. The zero-order chi connectivity index (χ0) is 47.0. The number of fused-ring (bicyclic) bond motifs is 14. The van der Waals surface area contributed by atoms with Crippen molar-refractivity contribution in [2.75, 3.05) is 4.90 Å². The van der Waals surface area contributed by atoms with Gasteiger partial charge >= 0.3 is 0 Å². The van der Waals surface area contributed by atoms with Crippen LogP contribution in [-0.4, -0.2) is 13.7 Å². The second-order valence-electron chi connectivity index (χ2n) is 18.8. The Hall–Kier alpha value is -9.78. The van der Waals surface area contributed by atoms with Gasteiger partial charge < -0.3 is 23.2 Å². The van der Waals surface area contributed by atoms with E-state index in [2.05, 4.69) is 261 Å². The Balaban J connectivity index is 0.935. The minimum atomic E-state index is 0.741. The molecule has 14 aromatic rings. The van der Waals surface area contributed by atoms with Crippen molar-refractivity contribution < 1.29 is 9.47 Å². The standard InChI is InChI=1S/C66H40N4O2/c1-4-18-43(19-5-1)67-53-30-14-11-25-49(53)62-46(27-16-32-57(62)67)41-34-36-55-59(38-41)71-61-40-51-48-24-10-13-29-52(48)69(45-22-8-3-9-23-45)64(51)66-65(61)70(55)56-37-35-42(39-60(56)72-66)47-28-17-33-58-63(47)50-26-12-15-31-54(50)68(58)44-20-6-2-7-21-44/h1-40H. The smallest absolute Gasteiger partial charge is 0.180 e. The summed E-state index contributed by atoms with van der Waals surface area (Å²) in [7, 11) is 0. The number of anilines is 3. The molecular formula is C66H40N4O2. The van der Waals surface area contributed by atoms with Gasteiger partial charge in [-0.25, -0.2) is 0 Å². The molecule has 0 aliphatic carbocycles. The lowest BCUT2D eigenvalue weighted by Gasteiger charge is -2.38. The summed E-state index contributed by atoms with van der Waals surface area (Å²) in [5.74, 6) is 3.03. The molecule has 11 aromatic carbocycles. The molecule has 0 spiro atoms. The number of rotatable bonds is 5. The van der Waals surface area contributed by atoms with Gasteiger partial charge in [0.1, 0.15) is 5.69 Å². The zero-order valence-corrected chi connectivity index (χ0v) is 38.7. The lowest BCUT2D eigenvalue weighted by atomic mass is 9.96. The summed E-state index contributed by atoms with van der Waals surface area (Å²) in [5.41, 5.74) is 17.2. The van der Waals surface area contributed by atoms with Gasteiger partial charge in [-0.2, -0.15) is 0 Å². The molecule has 0 radical (unpaired) electrons. The van der Waals surface area contributed by atoms with Gasteiger partial charge in [-0.1, -0.05) is 146 Å². The summed E-state index contributed by atoms with van der Waals surface area (Å²) in [6, 6.07) is 86.9. The molecule has 0 bridgehead atoms. The predicted molar refractivity (Wildman–Crippen MR) is 295 cm³/mol. The molecule has 0 atom stereocenters. The first kappa shape index (κ1) is 39.1. The normalized spacial score (nSPS) is 12.6. The maximum Gasteiger partial charge on any atom is 0.180 e. The van der Waals surface area contributed by atoms with E-state index < -0.39 is 0 Å². The van der Waals surface area contributed by atoms with Crippen molar-refractivity contribution >= 4 is 82.5 Å². The molecule has 0 fully saturated rings. The van der Waals surface area contributed by atoms with E-state index in [1.54, 1.807) is 0 Å². The first-order valence-corrected chi connectivity index (χ1v) is 24.5. The first-order valence-electron chi connectivity index (χ1n) is 24.5. The number of hydrogen-bond donors (Lipinski definition) is 0. The predicted octanol–water partition coefficient (Wildman–Crippen LogP) is 18.0. The van der Waals surface area contributed by atoms with Gasteiger partial charge in [0.2, 0.25) is 0 Å². The molecule has 0 N–H and O–H groups in total. The van der Waals surface area contributed by atoms with Crippen molar-refractivity contribution in [3.63, 3.8) is 0 Å². The third-order valence-electron chi connectivity index (χ3n) is 15.0. The molecule has 0 amide bonds. The second-order valence-corrected chi connectivity index (χ2v) is 18.8. The van der Waals surface area contributed by atoms with Gasteiger partial charge in [-0.15, -0.1) is 0 Å². The molecule has 5 heterocycles. The SMILES string of the molecule is c1ccc(-n2c3ccccc3c3c(-c4ccc5c(c4)Oc4cc6c7ccccc7n(-c7ccccc7)c6c6c4N5c4ccc(-c5cccc7c5c5ccccc5n7-c5ccccc5)cc4O6)cccc32)cc1. The van der Waals surface area contributed by atoms with Crippen LogP contribution in [0.2, 0.25) is 0 Å². The summed E-state index contributed by atoms with van der Waals surface area (Å²) in [5, 5.41) is 6.99. The topological polar surface area (TPSA) is 36.5 Å². The van der Waals surface area contributed by atoms with Crippen LogP contribution in [-0.2, 0) is 0 Å². The fourth-order valence-corrected chi connectivity index (χ4v) is 12.0. The van der Waals surface area contributed by atoms with E-state index in [1.165, 1.54) is 32.6 Å². The number of aromatic nitrogens is 3. The molecule has 0 unspecified atom stereocenters. The fraction of sp³-hybridized carbons (Fsp3) is 0. The minimum absolute atomic E-state index is 0.741. The Morgan fingerprint density at radius 3 is 1.25 bits per heavy atom. The Kier molecular flexibility index (Phi) is 8.07. The summed E-state index contributed by atoms with van der Waals surface area (Å²) < 4.78 is 21.8. The quantitative estimate of drug-likeness (QED) is 0.173. The molecule has 6 nitrogen and oxygen atoms in total. The van der Waals surface area contributed by atoms with E-state index in [4.69, 9.17) is 9.47 Å². The van der Waals surface area contributed by atoms with Gasteiger partial charge in [0, 0.05) is 49.4 Å². The van der Waals surface area contributed by atoms with Crippen LogP contribution in [0.25, 0.3) is 105 Å². The van der Waals surface area contributed by atoms with Crippen molar-refractivity contribution in [3.05, 3.63) is 243 Å². The van der Waals surface area contributed by atoms with Crippen molar-refractivity contribution in [3.8, 4) is 62.3 Å². The average Bonchev–Trinajstić information content (AvgIpc) is 4.09. The molecule has 72 heavy (non-hydrogen) atoms. The number of hydrogen-bond acceptors (Lipinski definition) is 3. The number of ether oxygens (including phenoxy) is 2. The highest BCUT2D eigenvalue weighted by Crippen LogP contribution is 2.63. The summed E-state index contributed by atoms with van der Waals surface area (Å²) >= 11 is 0. The highest BCUT2D eigenvalue weighted by molar-refractivity contribution is 6.19. The molecule has 0 saturated heterocycles. The molecule has 6 heteroatoms. The largest absolute Gasteiger partial charge is 0.453 e. The van der Waals surface area contributed by atoms with E-state index >= 15 is 0 Å². The van der Waals surface area contributed by atoms with Crippen LogP contribution < -0.4 is 14.4 Å². The van der Waals surface area contributed by atoms with Crippen LogP contribution in [0.4, 0.5) is 17.1 Å². The van der Waals surface area contributed by atoms with Crippen LogP contribution in [0.15, 0.2) is 243 Å². The number of para-hydroxylation sites is 6. The molecule has 0 saturated carbocycles. The van der Waals surface area contributed by atoms with Gasteiger partial charge in [-0.3, -0.25) is 4.90 Å². The lowest BCUT2D eigenvalue weighted by molar-refractivity contribution is 0.449. The second kappa shape index (κ2) is 14.9. The molecular weight excluding hydrogens is 881 g/mol. The minimum Gasteiger partial charge on any atom is -0.453 e. The maximum absolute atomic E-state index is 7.45. The summed E-state index contributed by atoms with van der Waals surface area (Å²) in [4.78, 5) is 2.37. The van der Waals surface area contributed by atoms with E-state index in [-0.39, 0.29) is 0 Å². The van der Waals surface area contributed by atoms with Gasteiger partial charge in [0.15, 0.2) is 23.0 Å². The van der Waals surface area contributed by atoms with Crippen molar-refractivity contribution in [2.24, 2.45) is 0 Å².